The number of aromatic nitrogens is 3. The molecule has 0 spiro atoms. The van der Waals surface area contributed by atoms with Gasteiger partial charge in [0.1, 0.15) is 5.82 Å². The first-order valence-electron chi connectivity index (χ1n) is 6.38. The Labute approximate surface area is 101 Å². The standard InChI is InChI=1S/C12H19N3S/c1-9-4-2-6-15-12(9)13-11(14-15)8-10-5-3-7-16-10/h9-10H,2-8H2,1H3. The average Bonchev–Trinajstić information content (AvgIpc) is 2.88. The maximum absolute atomic E-state index is 4.73. The lowest BCUT2D eigenvalue weighted by Gasteiger charge is -2.17. The molecule has 88 valence electrons. The van der Waals surface area contributed by atoms with Crippen molar-refractivity contribution < 1.29 is 0 Å². The normalized spacial score (nSPS) is 29.3. The predicted octanol–water partition coefficient (Wildman–Crippen LogP) is 2.61. The minimum atomic E-state index is 0.603. The van der Waals surface area contributed by atoms with Gasteiger partial charge in [-0.2, -0.15) is 16.9 Å². The van der Waals surface area contributed by atoms with E-state index < -0.39 is 0 Å². The van der Waals surface area contributed by atoms with Gasteiger partial charge in [-0.3, -0.25) is 0 Å². The van der Waals surface area contributed by atoms with Gasteiger partial charge < -0.3 is 0 Å². The van der Waals surface area contributed by atoms with Crippen LogP contribution in [0.1, 0.15) is 50.2 Å². The molecule has 1 aromatic heterocycles. The van der Waals surface area contributed by atoms with Crippen molar-refractivity contribution in [2.24, 2.45) is 0 Å². The highest BCUT2D eigenvalue weighted by Gasteiger charge is 2.23. The highest BCUT2D eigenvalue weighted by molar-refractivity contribution is 8.00. The molecule has 0 aromatic carbocycles. The second kappa shape index (κ2) is 4.40. The lowest BCUT2D eigenvalue weighted by Crippen LogP contribution is -2.14. The van der Waals surface area contributed by atoms with E-state index in [1.807, 2.05) is 0 Å². The van der Waals surface area contributed by atoms with E-state index in [0.29, 0.717) is 5.92 Å². The second-order valence-electron chi connectivity index (χ2n) is 4.99. The quantitative estimate of drug-likeness (QED) is 0.792. The van der Waals surface area contributed by atoms with Gasteiger partial charge in [-0.05, 0) is 31.4 Å². The zero-order valence-electron chi connectivity index (χ0n) is 9.85. The third-order valence-corrected chi connectivity index (χ3v) is 5.02. The molecular formula is C12H19N3S. The molecule has 4 heteroatoms. The highest BCUT2D eigenvalue weighted by Crippen LogP contribution is 2.29. The SMILES string of the molecule is CC1CCCn2nc(CC3CCCS3)nc21. The average molecular weight is 237 g/mol. The number of hydrogen-bond acceptors (Lipinski definition) is 3. The van der Waals surface area contributed by atoms with Crippen LogP contribution in [0.25, 0.3) is 0 Å². The zero-order valence-corrected chi connectivity index (χ0v) is 10.7. The fourth-order valence-electron chi connectivity index (χ4n) is 2.70. The van der Waals surface area contributed by atoms with E-state index in [9.17, 15) is 0 Å². The van der Waals surface area contributed by atoms with Gasteiger partial charge in [0.05, 0.1) is 0 Å². The Kier molecular flexibility index (Phi) is 2.92. The van der Waals surface area contributed by atoms with Crippen molar-refractivity contribution in [2.45, 2.75) is 56.7 Å². The summed E-state index contributed by atoms with van der Waals surface area (Å²) in [5.41, 5.74) is 0. The van der Waals surface area contributed by atoms with Crippen LogP contribution in [0.15, 0.2) is 0 Å². The van der Waals surface area contributed by atoms with E-state index in [4.69, 9.17) is 4.98 Å². The summed E-state index contributed by atoms with van der Waals surface area (Å²) in [6, 6.07) is 0. The van der Waals surface area contributed by atoms with Crippen LogP contribution in [-0.2, 0) is 13.0 Å². The van der Waals surface area contributed by atoms with Crippen LogP contribution in [0.5, 0.6) is 0 Å². The van der Waals surface area contributed by atoms with Crippen LogP contribution in [-0.4, -0.2) is 25.8 Å². The molecule has 2 unspecified atom stereocenters. The van der Waals surface area contributed by atoms with E-state index in [-0.39, 0.29) is 0 Å². The van der Waals surface area contributed by atoms with Crippen LogP contribution < -0.4 is 0 Å². The maximum atomic E-state index is 4.73. The van der Waals surface area contributed by atoms with Crippen LogP contribution in [0.4, 0.5) is 0 Å². The first-order chi connectivity index (χ1) is 7.83. The van der Waals surface area contributed by atoms with Gasteiger partial charge in [-0.15, -0.1) is 0 Å². The summed E-state index contributed by atoms with van der Waals surface area (Å²) in [7, 11) is 0. The van der Waals surface area contributed by atoms with Crippen LogP contribution >= 0.6 is 11.8 Å². The first-order valence-corrected chi connectivity index (χ1v) is 7.43. The molecule has 0 amide bonds. The molecule has 2 atom stereocenters. The molecule has 2 aliphatic rings. The summed E-state index contributed by atoms with van der Waals surface area (Å²) in [5.74, 6) is 4.24. The van der Waals surface area contributed by atoms with Gasteiger partial charge in [0, 0.05) is 24.1 Å². The second-order valence-corrected chi connectivity index (χ2v) is 6.40. The van der Waals surface area contributed by atoms with Crippen LogP contribution in [0.3, 0.4) is 0 Å². The molecule has 3 nitrogen and oxygen atoms in total. The Hall–Kier alpha value is -0.510. The Morgan fingerprint density at radius 3 is 3.06 bits per heavy atom. The highest BCUT2D eigenvalue weighted by atomic mass is 32.2. The topological polar surface area (TPSA) is 30.7 Å². The third kappa shape index (κ3) is 1.99. The molecule has 1 saturated heterocycles. The summed E-state index contributed by atoms with van der Waals surface area (Å²) in [5, 5.41) is 5.43. The van der Waals surface area contributed by atoms with Crippen molar-refractivity contribution >= 4 is 11.8 Å². The number of nitrogens with zero attached hydrogens (tertiary/aromatic N) is 3. The van der Waals surface area contributed by atoms with E-state index >= 15 is 0 Å². The Balaban J connectivity index is 1.75. The van der Waals surface area contributed by atoms with Gasteiger partial charge in [0.2, 0.25) is 0 Å². The number of hydrogen-bond donors (Lipinski definition) is 0. The van der Waals surface area contributed by atoms with Crippen molar-refractivity contribution in [2.75, 3.05) is 5.75 Å². The van der Waals surface area contributed by atoms with Gasteiger partial charge in [-0.1, -0.05) is 6.92 Å². The molecule has 3 heterocycles. The van der Waals surface area contributed by atoms with E-state index in [2.05, 4.69) is 28.5 Å². The fraction of sp³-hybridized carbons (Fsp3) is 0.833. The van der Waals surface area contributed by atoms with Crippen molar-refractivity contribution in [3.05, 3.63) is 11.6 Å². The van der Waals surface area contributed by atoms with E-state index in [1.54, 1.807) is 0 Å². The molecular weight excluding hydrogens is 218 g/mol. The summed E-state index contributed by atoms with van der Waals surface area (Å²) in [4.78, 5) is 4.73. The monoisotopic (exact) mass is 237 g/mol. The number of aryl methyl sites for hydroxylation is 1. The lowest BCUT2D eigenvalue weighted by molar-refractivity contribution is 0.431. The van der Waals surface area contributed by atoms with E-state index in [1.165, 1.54) is 37.3 Å². The smallest absolute Gasteiger partial charge is 0.152 e. The number of thioether (sulfide) groups is 1. The summed E-state index contributed by atoms with van der Waals surface area (Å²) >= 11 is 2.09. The Morgan fingerprint density at radius 2 is 2.31 bits per heavy atom. The molecule has 2 aliphatic heterocycles. The van der Waals surface area contributed by atoms with Gasteiger partial charge >= 0.3 is 0 Å². The molecule has 0 aliphatic carbocycles. The molecule has 0 bridgehead atoms. The van der Waals surface area contributed by atoms with Crippen molar-refractivity contribution in [1.29, 1.82) is 0 Å². The van der Waals surface area contributed by atoms with Crippen molar-refractivity contribution in [3.8, 4) is 0 Å². The lowest BCUT2D eigenvalue weighted by atomic mass is 10.0. The Morgan fingerprint density at radius 1 is 1.38 bits per heavy atom. The molecule has 1 aromatic rings. The minimum Gasteiger partial charge on any atom is -0.250 e. The maximum Gasteiger partial charge on any atom is 0.152 e. The fourth-order valence-corrected chi connectivity index (χ4v) is 3.97. The minimum absolute atomic E-state index is 0.603. The molecule has 0 N–H and O–H groups in total. The number of fused-ring (bicyclic) bond motifs is 1. The number of rotatable bonds is 2. The van der Waals surface area contributed by atoms with E-state index in [0.717, 1.165) is 24.0 Å². The Bertz CT molecular complexity index is 368. The first kappa shape index (κ1) is 10.6. The largest absolute Gasteiger partial charge is 0.250 e. The van der Waals surface area contributed by atoms with Gasteiger partial charge in [0.25, 0.3) is 0 Å². The predicted molar refractivity (Wildman–Crippen MR) is 66.9 cm³/mol. The third-order valence-electron chi connectivity index (χ3n) is 3.63. The van der Waals surface area contributed by atoms with Crippen LogP contribution in [0, 0.1) is 0 Å². The molecule has 1 fully saturated rings. The molecule has 16 heavy (non-hydrogen) atoms. The zero-order chi connectivity index (χ0) is 11.0. The van der Waals surface area contributed by atoms with Gasteiger partial charge in [-0.25, -0.2) is 9.67 Å². The summed E-state index contributed by atoms with van der Waals surface area (Å²) in [6.07, 6.45) is 6.34. The summed E-state index contributed by atoms with van der Waals surface area (Å²) < 4.78 is 2.14. The summed E-state index contributed by atoms with van der Waals surface area (Å²) in [6.45, 7) is 3.35. The van der Waals surface area contributed by atoms with Crippen molar-refractivity contribution in [3.63, 3.8) is 0 Å². The van der Waals surface area contributed by atoms with Gasteiger partial charge in [0.15, 0.2) is 5.82 Å². The van der Waals surface area contributed by atoms with Crippen LogP contribution in [0.2, 0.25) is 0 Å². The van der Waals surface area contributed by atoms with Crippen molar-refractivity contribution in [1.82, 2.24) is 14.8 Å². The molecule has 0 radical (unpaired) electrons. The molecule has 3 rings (SSSR count). The molecule has 0 saturated carbocycles.